The van der Waals surface area contributed by atoms with E-state index >= 15 is 0 Å². The van der Waals surface area contributed by atoms with E-state index in [1.807, 2.05) is 25.1 Å². The zero-order chi connectivity index (χ0) is 13.2. The predicted octanol–water partition coefficient (Wildman–Crippen LogP) is 3.92. The average molecular weight is 264 g/mol. The molecule has 0 saturated carbocycles. The first-order valence-corrected chi connectivity index (χ1v) is 7.56. The van der Waals surface area contributed by atoms with Gasteiger partial charge in [-0.15, -0.1) is 0 Å². The van der Waals surface area contributed by atoms with Crippen molar-refractivity contribution in [2.75, 3.05) is 6.16 Å². The first-order valence-electron chi connectivity index (χ1n) is 6.35. The SMILES string of the molecule is Cc1ccc(O)c(/C=C/C[C@@H]2CPC(C)(C)O2)c1. The summed E-state index contributed by atoms with van der Waals surface area (Å²) in [5.41, 5.74) is 2.04. The van der Waals surface area contributed by atoms with E-state index in [4.69, 9.17) is 4.74 Å². The average Bonchev–Trinajstić information content (AvgIpc) is 2.63. The highest BCUT2D eigenvalue weighted by Gasteiger charge is 2.30. The molecule has 2 atom stereocenters. The lowest BCUT2D eigenvalue weighted by atomic mass is 10.1. The molecule has 1 N–H and O–H groups in total. The van der Waals surface area contributed by atoms with Crippen LogP contribution in [0.5, 0.6) is 5.75 Å². The molecule has 1 fully saturated rings. The van der Waals surface area contributed by atoms with E-state index < -0.39 is 0 Å². The lowest BCUT2D eigenvalue weighted by Crippen LogP contribution is -2.17. The fourth-order valence-corrected chi connectivity index (χ4v) is 3.36. The zero-order valence-electron chi connectivity index (χ0n) is 11.2. The van der Waals surface area contributed by atoms with Crippen LogP contribution in [0.1, 0.15) is 31.4 Å². The third-order valence-corrected chi connectivity index (χ3v) is 4.72. The maximum absolute atomic E-state index is 9.73. The van der Waals surface area contributed by atoms with E-state index in [0.717, 1.165) is 32.3 Å². The van der Waals surface area contributed by atoms with Crippen LogP contribution >= 0.6 is 8.58 Å². The van der Waals surface area contributed by atoms with Gasteiger partial charge in [0.2, 0.25) is 0 Å². The van der Waals surface area contributed by atoms with Crippen LogP contribution in [0.4, 0.5) is 0 Å². The van der Waals surface area contributed by atoms with Gasteiger partial charge in [-0.1, -0.05) is 32.4 Å². The molecule has 0 radical (unpaired) electrons. The van der Waals surface area contributed by atoms with Crippen molar-refractivity contribution in [2.45, 2.75) is 38.6 Å². The van der Waals surface area contributed by atoms with Crippen molar-refractivity contribution >= 4 is 14.7 Å². The van der Waals surface area contributed by atoms with Crippen molar-refractivity contribution in [2.24, 2.45) is 0 Å². The number of hydrogen-bond donors (Lipinski definition) is 1. The number of aromatic hydroxyl groups is 1. The largest absolute Gasteiger partial charge is 0.507 e. The zero-order valence-corrected chi connectivity index (χ0v) is 12.2. The van der Waals surface area contributed by atoms with E-state index in [1.54, 1.807) is 6.07 Å². The van der Waals surface area contributed by atoms with Gasteiger partial charge in [-0.3, -0.25) is 0 Å². The monoisotopic (exact) mass is 264 g/mol. The van der Waals surface area contributed by atoms with Gasteiger partial charge in [-0.25, -0.2) is 0 Å². The first-order chi connectivity index (χ1) is 8.46. The highest BCUT2D eigenvalue weighted by molar-refractivity contribution is 7.40. The topological polar surface area (TPSA) is 29.5 Å². The van der Waals surface area contributed by atoms with Gasteiger partial charge in [0.1, 0.15) is 5.75 Å². The Labute approximate surface area is 111 Å². The summed E-state index contributed by atoms with van der Waals surface area (Å²) in [4.78, 5) is 0. The molecule has 0 spiro atoms. The van der Waals surface area contributed by atoms with Gasteiger partial charge in [0.05, 0.1) is 11.4 Å². The van der Waals surface area contributed by atoms with Crippen molar-refractivity contribution in [3.05, 3.63) is 35.4 Å². The molecule has 1 aliphatic rings. The number of phenolic OH excluding ortho intramolecular Hbond substituents is 1. The van der Waals surface area contributed by atoms with Gasteiger partial charge in [-0.05, 0) is 45.5 Å². The number of ether oxygens (including phenoxy) is 1. The van der Waals surface area contributed by atoms with Gasteiger partial charge in [0.25, 0.3) is 0 Å². The van der Waals surface area contributed by atoms with E-state index in [-0.39, 0.29) is 5.34 Å². The highest BCUT2D eigenvalue weighted by atomic mass is 31.1. The minimum Gasteiger partial charge on any atom is -0.507 e. The second kappa shape index (κ2) is 5.42. The minimum absolute atomic E-state index is 0.0595. The molecular weight excluding hydrogens is 243 g/mol. The molecule has 18 heavy (non-hydrogen) atoms. The van der Waals surface area contributed by atoms with Gasteiger partial charge >= 0.3 is 0 Å². The molecule has 1 unspecified atom stereocenters. The molecule has 2 nitrogen and oxygen atoms in total. The Morgan fingerprint density at radius 3 is 2.94 bits per heavy atom. The van der Waals surface area contributed by atoms with E-state index in [1.165, 1.54) is 0 Å². The standard InChI is InChI=1S/C15H21O2P/c1-11-7-8-14(16)12(9-11)5-4-6-13-10-18-15(2,3)17-13/h4-5,7-9,13,16,18H,6,10H2,1-3H3/b5-4+/t13-/m1/s1. The minimum atomic E-state index is 0.0595. The molecule has 0 bridgehead atoms. The Morgan fingerprint density at radius 1 is 1.50 bits per heavy atom. The summed E-state index contributed by atoms with van der Waals surface area (Å²) in [6, 6.07) is 5.65. The van der Waals surface area contributed by atoms with Crippen molar-refractivity contribution in [3.63, 3.8) is 0 Å². The second-order valence-corrected chi connectivity index (χ2v) is 7.30. The molecule has 1 saturated heterocycles. The van der Waals surface area contributed by atoms with E-state index in [9.17, 15) is 5.11 Å². The van der Waals surface area contributed by atoms with Crippen LogP contribution < -0.4 is 0 Å². The normalized spacial score (nSPS) is 24.1. The van der Waals surface area contributed by atoms with Crippen LogP contribution in [0.15, 0.2) is 24.3 Å². The predicted molar refractivity (Wildman–Crippen MR) is 78.6 cm³/mol. The highest BCUT2D eigenvalue weighted by Crippen LogP contribution is 2.42. The molecule has 1 heterocycles. The van der Waals surface area contributed by atoms with Crippen molar-refractivity contribution in [3.8, 4) is 5.75 Å². The lowest BCUT2D eigenvalue weighted by molar-refractivity contribution is 0.0166. The summed E-state index contributed by atoms with van der Waals surface area (Å²) in [5, 5.41) is 9.79. The molecule has 2 rings (SSSR count). The van der Waals surface area contributed by atoms with Gasteiger partial charge in [0.15, 0.2) is 0 Å². The van der Waals surface area contributed by atoms with Gasteiger partial charge < -0.3 is 9.84 Å². The molecule has 1 aliphatic heterocycles. The molecule has 0 amide bonds. The van der Waals surface area contributed by atoms with E-state index in [2.05, 4.69) is 19.9 Å². The first kappa shape index (κ1) is 13.6. The summed E-state index contributed by atoms with van der Waals surface area (Å²) in [6.45, 7) is 6.34. The van der Waals surface area contributed by atoms with Crippen molar-refractivity contribution in [1.82, 2.24) is 0 Å². The van der Waals surface area contributed by atoms with Crippen LogP contribution in [0.3, 0.4) is 0 Å². The third-order valence-electron chi connectivity index (χ3n) is 3.10. The molecule has 3 heteroatoms. The van der Waals surface area contributed by atoms with Gasteiger partial charge in [0, 0.05) is 5.56 Å². The number of phenols is 1. The van der Waals surface area contributed by atoms with Crippen LogP contribution in [0.2, 0.25) is 0 Å². The Bertz CT molecular complexity index is 452. The number of rotatable bonds is 3. The lowest BCUT2D eigenvalue weighted by Gasteiger charge is -2.17. The Balaban J connectivity index is 1.94. The quantitative estimate of drug-likeness (QED) is 0.838. The fourth-order valence-electron chi connectivity index (χ4n) is 2.15. The van der Waals surface area contributed by atoms with Crippen LogP contribution in [0, 0.1) is 6.92 Å². The molecular formula is C15H21O2P. The maximum atomic E-state index is 9.73. The maximum Gasteiger partial charge on any atom is 0.122 e. The van der Waals surface area contributed by atoms with Crippen LogP contribution in [-0.4, -0.2) is 22.7 Å². The molecule has 1 aromatic rings. The number of hydrogen-bond acceptors (Lipinski definition) is 2. The summed E-state index contributed by atoms with van der Waals surface area (Å²) in [6.07, 6.45) is 6.49. The molecule has 0 aromatic heterocycles. The number of benzene rings is 1. The summed E-state index contributed by atoms with van der Waals surface area (Å²) < 4.78 is 5.94. The third kappa shape index (κ3) is 3.57. The molecule has 98 valence electrons. The number of aryl methyl sites for hydroxylation is 1. The molecule has 1 aromatic carbocycles. The fraction of sp³-hybridized carbons (Fsp3) is 0.467. The van der Waals surface area contributed by atoms with Crippen LogP contribution in [-0.2, 0) is 4.74 Å². The van der Waals surface area contributed by atoms with Crippen LogP contribution in [0.25, 0.3) is 6.08 Å². The summed E-state index contributed by atoms with van der Waals surface area (Å²) in [7, 11) is 0.884. The van der Waals surface area contributed by atoms with Crippen molar-refractivity contribution < 1.29 is 9.84 Å². The summed E-state index contributed by atoms with van der Waals surface area (Å²) in [5.74, 6) is 0.339. The summed E-state index contributed by atoms with van der Waals surface area (Å²) >= 11 is 0. The Hall–Kier alpha value is -0.850. The van der Waals surface area contributed by atoms with Gasteiger partial charge in [-0.2, -0.15) is 0 Å². The second-order valence-electron chi connectivity index (χ2n) is 5.33. The Kier molecular flexibility index (Phi) is 4.09. The molecule has 0 aliphatic carbocycles. The van der Waals surface area contributed by atoms with Crippen molar-refractivity contribution in [1.29, 1.82) is 0 Å². The smallest absolute Gasteiger partial charge is 0.122 e. The van der Waals surface area contributed by atoms with E-state index in [0.29, 0.717) is 11.9 Å². The Morgan fingerprint density at radius 2 is 2.28 bits per heavy atom.